The predicted molar refractivity (Wildman–Crippen MR) is 144 cm³/mol. The molecule has 0 saturated carbocycles. The number of nitrogens with zero attached hydrogens (tertiary/aromatic N) is 2. The van der Waals surface area contributed by atoms with E-state index in [9.17, 15) is 4.79 Å². The molecule has 1 heterocycles. The molecule has 1 N–H and O–H groups in total. The fraction of sp³-hybridized carbons (Fsp3) is 0.0800. The van der Waals surface area contributed by atoms with Crippen molar-refractivity contribution < 1.29 is 9.53 Å². The molecule has 0 aliphatic heterocycles. The van der Waals surface area contributed by atoms with Crippen LogP contribution >= 0.6 is 50.6 Å². The molecule has 0 aliphatic carbocycles. The molecule has 1 aromatic heterocycles. The quantitative estimate of drug-likeness (QED) is 0.133. The second kappa shape index (κ2) is 12.2. The number of carbonyl (C=O) groups excluding carboxylic acids is 1. The molecular formula is C25H19BrClN3O2S2. The number of nitrogens with one attached hydrogen (secondary N) is 1. The lowest BCUT2D eigenvalue weighted by Gasteiger charge is -2.10. The molecule has 4 aromatic rings. The summed E-state index contributed by atoms with van der Waals surface area (Å²) in [4.78, 5) is 16.8. The Hall–Kier alpha value is -2.65. The summed E-state index contributed by atoms with van der Waals surface area (Å²) in [7, 11) is 0. The van der Waals surface area contributed by atoms with Crippen molar-refractivity contribution in [2.75, 3.05) is 5.75 Å². The number of halogens is 2. The van der Waals surface area contributed by atoms with Gasteiger partial charge in [0.15, 0.2) is 4.34 Å². The second-order valence-corrected chi connectivity index (χ2v) is 10.4. The molecule has 9 heteroatoms. The third kappa shape index (κ3) is 6.93. The number of rotatable bonds is 9. The third-order valence-electron chi connectivity index (χ3n) is 4.59. The first-order valence-electron chi connectivity index (χ1n) is 10.2. The van der Waals surface area contributed by atoms with Gasteiger partial charge in [-0.25, -0.2) is 10.4 Å². The lowest BCUT2D eigenvalue weighted by atomic mass is 10.2. The van der Waals surface area contributed by atoms with Crippen LogP contribution in [0.3, 0.4) is 0 Å². The van der Waals surface area contributed by atoms with E-state index in [1.165, 1.54) is 23.1 Å². The zero-order valence-electron chi connectivity index (χ0n) is 17.8. The van der Waals surface area contributed by atoms with Gasteiger partial charge in [0, 0.05) is 31.6 Å². The van der Waals surface area contributed by atoms with E-state index >= 15 is 0 Å². The molecule has 0 fully saturated rings. The first-order chi connectivity index (χ1) is 16.6. The van der Waals surface area contributed by atoms with Crippen molar-refractivity contribution >= 4 is 62.8 Å². The molecular weight excluding hydrogens is 554 g/mol. The molecule has 0 aliphatic rings. The monoisotopic (exact) mass is 571 g/mol. The standard InChI is InChI=1S/C25H19BrClN3O2S2/c26-20-10-11-23(32-14-18-8-4-5-9-21(18)27)19(12-20)13-28-30-24(31)16-34-25-29-22(15-33-25)17-6-2-1-3-7-17/h1-13,15H,14,16H2,(H,30,31)/b28-13+. The Balaban J connectivity index is 1.31. The zero-order valence-corrected chi connectivity index (χ0v) is 21.8. The number of carbonyl (C=O) groups is 1. The topological polar surface area (TPSA) is 63.6 Å². The van der Waals surface area contributed by atoms with E-state index in [-0.39, 0.29) is 11.7 Å². The molecule has 34 heavy (non-hydrogen) atoms. The lowest BCUT2D eigenvalue weighted by Crippen LogP contribution is -2.19. The lowest BCUT2D eigenvalue weighted by molar-refractivity contribution is -0.118. The van der Waals surface area contributed by atoms with Crippen molar-refractivity contribution in [3.05, 3.63) is 98.8 Å². The Bertz CT molecular complexity index is 1300. The minimum atomic E-state index is -0.216. The van der Waals surface area contributed by atoms with Crippen LogP contribution in [-0.2, 0) is 11.4 Å². The smallest absolute Gasteiger partial charge is 0.250 e. The molecule has 0 saturated heterocycles. The molecule has 0 radical (unpaired) electrons. The Morgan fingerprint density at radius 2 is 1.94 bits per heavy atom. The number of hydrogen-bond acceptors (Lipinski definition) is 6. The first kappa shape index (κ1) is 24.5. The second-order valence-electron chi connectivity index (χ2n) is 7.01. The van der Waals surface area contributed by atoms with Crippen molar-refractivity contribution in [2.45, 2.75) is 10.9 Å². The largest absolute Gasteiger partial charge is 0.488 e. The fourth-order valence-corrected chi connectivity index (χ4v) is 5.12. The van der Waals surface area contributed by atoms with E-state index in [0.29, 0.717) is 17.4 Å². The average Bonchev–Trinajstić information content (AvgIpc) is 3.33. The number of benzene rings is 3. The molecule has 4 rings (SSSR count). The molecule has 0 spiro atoms. The number of amides is 1. The number of thiazole rings is 1. The highest BCUT2D eigenvalue weighted by Gasteiger charge is 2.09. The van der Waals surface area contributed by atoms with Gasteiger partial charge in [0.1, 0.15) is 12.4 Å². The van der Waals surface area contributed by atoms with Gasteiger partial charge in [0.2, 0.25) is 0 Å². The Morgan fingerprint density at radius 1 is 1.15 bits per heavy atom. The number of aromatic nitrogens is 1. The minimum Gasteiger partial charge on any atom is -0.488 e. The maximum atomic E-state index is 12.3. The highest BCUT2D eigenvalue weighted by atomic mass is 79.9. The van der Waals surface area contributed by atoms with Gasteiger partial charge in [-0.2, -0.15) is 5.10 Å². The van der Waals surface area contributed by atoms with E-state index in [2.05, 4.69) is 31.4 Å². The van der Waals surface area contributed by atoms with Gasteiger partial charge in [0.25, 0.3) is 5.91 Å². The fourth-order valence-electron chi connectivity index (χ4n) is 2.92. The number of hydrogen-bond donors (Lipinski definition) is 1. The van der Waals surface area contributed by atoms with Crippen molar-refractivity contribution in [2.24, 2.45) is 5.10 Å². The first-order valence-corrected chi connectivity index (χ1v) is 13.2. The van der Waals surface area contributed by atoms with Crippen molar-refractivity contribution in [3.8, 4) is 17.0 Å². The van der Waals surface area contributed by atoms with Crippen LogP contribution in [-0.4, -0.2) is 22.9 Å². The van der Waals surface area contributed by atoms with Crippen molar-refractivity contribution in [3.63, 3.8) is 0 Å². The minimum absolute atomic E-state index is 0.216. The summed E-state index contributed by atoms with van der Waals surface area (Å²) in [5.41, 5.74) is 6.14. The summed E-state index contributed by atoms with van der Waals surface area (Å²) in [5.74, 6) is 0.630. The van der Waals surface area contributed by atoms with Gasteiger partial charge < -0.3 is 4.74 Å². The predicted octanol–water partition coefficient (Wildman–Crippen LogP) is 7.05. The van der Waals surface area contributed by atoms with Gasteiger partial charge in [0.05, 0.1) is 17.7 Å². The summed E-state index contributed by atoms with van der Waals surface area (Å²) in [6, 6.07) is 23.1. The molecule has 0 atom stereocenters. The summed E-state index contributed by atoms with van der Waals surface area (Å²) in [6.45, 7) is 0.323. The molecule has 0 unspecified atom stereocenters. The van der Waals surface area contributed by atoms with Gasteiger partial charge in [-0.1, -0.05) is 87.8 Å². The number of hydrazone groups is 1. The maximum Gasteiger partial charge on any atom is 0.250 e. The Kier molecular flexibility index (Phi) is 8.76. The highest BCUT2D eigenvalue weighted by molar-refractivity contribution is 9.10. The van der Waals surface area contributed by atoms with Crippen molar-refractivity contribution in [1.82, 2.24) is 10.4 Å². The van der Waals surface area contributed by atoms with Crippen LogP contribution in [0.25, 0.3) is 11.3 Å². The molecule has 3 aromatic carbocycles. The molecule has 0 bridgehead atoms. The van der Waals surface area contributed by atoms with Crippen LogP contribution in [0.2, 0.25) is 5.02 Å². The number of thioether (sulfide) groups is 1. The van der Waals surface area contributed by atoms with Gasteiger partial charge in [-0.3, -0.25) is 4.79 Å². The van der Waals surface area contributed by atoms with Crippen LogP contribution in [0.1, 0.15) is 11.1 Å². The summed E-state index contributed by atoms with van der Waals surface area (Å²) < 4.78 is 7.65. The van der Waals surface area contributed by atoms with Gasteiger partial charge in [-0.05, 0) is 24.3 Å². The highest BCUT2D eigenvalue weighted by Crippen LogP contribution is 2.28. The van der Waals surface area contributed by atoms with Crippen molar-refractivity contribution in [1.29, 1.82) is 0 Å². The zero-order chi connectivity index (χ0) is 23.8. The van der Waals surface area contributed by atoms with Gasteiger partial charge >= 0.3 is 0 Å². The molecule has 172 valence electrons. The average molecular weight is 573 g/mol. The van der Waals surface area contributed by atoms with E-state index in [4.69, 9.17) is 16.3 Å². The SMILES string of the molecule is O=C(CSc1nc(-c2ccccc2)cs1)N/N=C/c1cc(Br)ccc1OCc1ccccc1Cl. The van der Waals surface area contributed by atoms with Gasteiger partial charge in [-0.15, -0.1) is 11.3 Å². The number of ether oxygens (including phenoxy) is 1. The Labute approximate surface area is 219 Å². The summed E-state index contributed by atoms with van der Waals surface area (Å²) in [5, 5.41) is 6.74. The van der Waals surface area contributed by atoms with E-state index in [1.807, 2.05) is 78.2 Å². The van der Waals surface area contributed by atoms with Crippen LogP contribution in [0.15, 0.2) is 92.1 Å². The van der Waals surface area contributed by atoms with Crippen LogP contribution in [0.4, 0.5) is 0 Å². The van der Waals surface area contributed by atoms with Crippen LogP contribution in [0, 0.1) is 0 Å². The normalized spacial score (nSPS) is 11.0. The van der Waals surface area contributed by atoms with E-state index in [1.54, 1.807) is 6.21 Å². The molecule has 5 nitrogen and oxygen atoms in total. The maximum absolute atomic E-state index is 12.3. The van der Waals surface area contributed by atoms with E-state index < -0.39 is 0 Å². The summed E-state index contributed by atoms with van der Waals surface area (Å²) in [6.07, 6.45) is 1.56. The van der Waals surface area contributed by atoms with Crippen LogP contribution < -0.4 is 10.2 Å². The van der Waals surface area contributed by atoms with Crippen LogP contribution in [0.5, 0.6) is 5.75 Å². The Morgan fingerprint density at radius 3 is 2.76 bits per heavy atom. The third-order valence-corrected chi connectivity index (χ3v) is 7.47. The van der Waals surface area contributed by atoms with E-state index in [0.717, 1.165) is 31.2 Å². The molecule has 1 amide bonds. The summed E-state index contributed by atoms with van der Waals surface area (Å²) >= 11 is 12.6.